The van der Waals surface area contributed by atoms with Gasteiger partial charge in [-0.3, -0.25) is 14.5 Å². The molecule has 0 aliphatic carbocycles. The fourth-order valence-electron chi connectivity index (χ4n) is 2.25. The Hall–Kier alpha value is -2.29. The molecule has 1 heterocycles. The molecule has 1 aliphatic heterocycles. The topological polar surface area (TPSA) is 91.4 Å². The van der Waals surface area contributed by atoms with E-state index in [0.717, 1.165) is 0 Å². The van der Waals surface area contributed by atoms with E-state index in [9.17, 15) is 14.4 Å². The summed E-state index contributed by atoms with van der Waals surface area (Å²) in [5, 5.41) is 0. The van der Waals surface area contributed by atoms with E-state index >= 15 is 0 Å². The summed E-state index contributed by atoms with van der Waals surface area (Å²) < 4.78 is 20.1. The number of amides is 2. The van der Waals surface area contributed by atoms with E-state index in [1.807, 2.05) is 0 Å². The minimum atomic E-state index is -0.434. The molecule has 0 spiro atoms. The van der Waals surface area contributed by atoms with Crippen LogP contribution in [-0.2, 0) is 23.7 Å². The van der Waals surface area contributed by atoms with E-state index in [-0.39, 0.29) is 38.2 Å². The first-order valence-corrected chi connectivity index (χ1v) is 7.90. The lowest BCUT2D eigenvalue weighted by atomic mass is 10.1. The van der Waals surface area contributed by atoms with Gasteiger partial charge in [-0.2, -0.15) is 0 Å². The van der Waals surface area contributed by atoms with Crippen LogP contribution in [-0.4, -0.2) is 76.0 Å². The van der Waals surface area contributed by atoms with Gasteiger partial charge in [0.1, 0.15) is 6.61 Å². The standard InChI is InChI=1S/C17H21NO7/c1-22-15(19)12-25-11-10-24-9-8-23-7-6-18-16(20)13-4-2-3-5-14(13)17(18)21/h2-5H,6-12H2,1H3. The Morgan fingerprint density at radius 1 is 0.880 bits per heavy atom. The van der Waals surface area contributed by atoms with Crippen molar-refractivity contribution in [3.63, 3.8) is 0 Å². The van der Waals surface area contributed by atoms with E-state index < -0.39 is 5.97 Å². The van der Waals surface area contributed by atoms with Gasteiger partial charge in [0.25, 0.3) is 11.8 Å². The molecule has 0 aromatic heterocycles. The number of esters is 1. The summed E-state index contributed by atoms with van der Waals surface area (Å²) in [5.41, 5.74) is 0.866. The Balaban J connectivity index is 1.52. The number of carbonyl (C=O) groups is 3. The van der Waals surface area contributed by atoms with Crippen LogP contribution in [0.1, 0.15) is 20.7 Å². The zero-order valence-electron chi connectivity index (χ0n) is 14.1. The number of imide groups is 1. The smallest absolute Gasteiger partial charge is 0.331 e. The summed E-state index contributed by atoms with van der Waals surface area (Å²) in [6.45, 7) is 1.64. The Morgan fingerprint density at radius 2 is 1.40 bits per heavy atom. The average Bonchev–Trinajstić information content (AvgIpc) is 2.88. The summed E-state index contributed by atoms with van der Waals surface area (Å²) >= 11 is 0. The maximum Gasteiger partial charge on any atom is 0.331 e. The first-order chi connectivity index (χ1) is 12.1. The van der Waals surface area contributed by atoms with E-state index in [1.165, 1.54) is 12.0 Å². The average molecular weight is 351 g/mol. The fraction of sp³-hybridized carbons (Fsp3) is 0.471. The lowest BCUT2D eigenvalue weighted by Gasteiger charge is -2.13. The number of rotatable bonds is 11. The highest BCUT2D eigenvalue weighted by molar-refractivity contribution is 6.21. The van der Waals surface area contributed by atoms with Crippen LogP contribution < -0.4 is 0 Å². The fourth-order valence-corrected chi connectivity index (χ4v) is 2.25. The van der Waals surface area contributed by atoms with E-state index in [0.29, 0.717) is 30.9 Å². The van der Waals surface area contributed by atoms with Crippen LogP contribution in [0, 0.1) is 0 Å². The number of benzene rings is 1. The first-order valence-electron chi connectivity index (χ1n) is 7.90. The molecule has 1 aliphatic rings. The second-order valence-corrected chi connectivity index (χ2v) is 5.16. The third kappa shape index (κ3) is 5.35. The van der Waals surface area contributed by atoms with Gasteiger partial charge in [-0.1, -0.05) is 12.1 Å². The van der Waals surface area contributed by atoms with Crippen LogP contribution in [0.4, 0.5) is 0 Å². The molecule has 0 unspecified atom stereocenters. The molecule has 0 bridgehead atoms. The van der Waals surface area contributed by atoms with Crippen molar-refractivity contribution in [3.8, 4) is 0 Å². The minimum Gasteiger partial charge on any atom is -0.467 e. The highest BCUT2D eigenvalue weighted by Crippen LogP contribution is 2.21. The molecule has 0 saturated carbocycles. The Labute approximate surface area is 145 Å². The predicted molar refractivity (Wildman–Crippen MR) is 86.3 cm³/mol. The Morgan fingerprint density at radius 3 is 1.96 bits per heavy atom. The van der Waals surface area contributed by atoms with Gasteiger partial charge in [-0.15, -0.1) is 0 Å². The van der Waals surface area contributed by atoms with Crippen molar-refractivity contribution in [1.82, 2.24) is 4.90 Å². The maximum absolute atomic E-state index is 12.1. The van der Waals surface area contributed by atoms with E-state index in [2.05, 4.69) is 4.74 Å². The molecule has 8 heteroatoms. The SMILES string of the molecule is COC(=O)COCCOCCOCCN1C(=O)c2ccccc2C1=O. The molecule has 0 saturated heterocycles. The molecule has 8 nitrogen and oxygen atoms in total. The molecule has 2 amide bonds. The first kappa shape index (κ1) is 19.0. The second-order valence-electron chi connectivity index (χ2n) is 5.16. The molecule has 1 aromatic rings. The van der Waals surface area contributed by atoms with Crippen molar-refractivity contribution >= 4 is 17.8 Å². The second kappa shape index (κ2) is 9.87. The van der Waals surface area contributed by atoms with Gasteiger partial charge >= 0.3 is 5.97 Å². The highest BCUT2D eigenvalue weighted by atomic mass is 16.6. The molecule has 136 valence electrons. The monoisotopic (exact) mass is 351 g/mol. The Kier molecular flexibility index (Phi) is 7.52. The zero-order chi connectivity index (χ0) is 18.1. The van der Waals surface area contributed by atoms with Gasteiger partial charge in [0.05, 0.1) is 57.8 Å². The quantitative estimate of drug-likeness (QED) is 0.326. The molecule has 1 aromatic carbocycles. The number of nitrogens with zero attached hydrogens (tertiary/aromatic N) is 1. The lowest BCUT2D eigenvalue weighted by molar-refractivity contribution is -0.146. The summed E-state index contributed by atoms with van der Waals surface area (Å²) in [7, 11) is 1.29. The summed E-state index contributed by atoms with van der Waals surface area (Å²) in [6, 6.07) is 6.76. The van der Waals surface area contributed by atoms with E-state index in [4.69, 9.17) is 14.2 Å². The normalized spacial score (nSPS) is 13.2. The molecule has 25 heavy (non-hydrogen) atoms. The van der Waals surface area contributed by atoms with Crippen LogP contribution in [0.3, 0.4) is 0 Å². The number of methoxy groups -OCH3 is 1. The molecule has 0 atom stereocenters. The summed E-state index contributed by atoms with van der Waals surface area (Å²) in [5.74, 6) is -1.01. The number of hydrogen-bond donors (Lipinski definition) is 0. The molecular weight excluding hydrogens is 330 g/mol. The highest BCUT2D eigenvalue weighted by Gasteiger charge is 2.34. The van der Waals surface area contributed by atoms with Crippen molar-refractivity contribution in [2.45, 2.75) is 0 Å². The van der Waals surface area contributed by atoms with Gasteiger partial charge in [-0.05, 0) is 12.1 Å². The predicted octanol–water partition coefficient (Wildman–Crippen LogP) is 0.505. The summed E-state index contributed by atoms with van der Waals surface area (Å²) in [6.07, 6.45) is 0. The maximum atomic E-state index is 12.1. The van der Waals surface area contributed by atoms with Gasteiger partial charge in [-0.25, -0.2) is 4.79 Å². The number of hydrogen-bond acceptors (Lipinski definition) is 7. The van der Waals surface area contributed by atoms with Crippen LogP contribution >= 0.6 is 0 Å². The molecule has 0 N–H and O–H groups in total. The van der Waals surface area contributed by atoms with Crippen molar-refractivity contribution in [2.24, 2.45) is 0 Å². The molecule has 0 radical (unpaired) electrons. The lowest BCUT2D eigenvalue weighted by Crippen LogP contribution is -2.33. The van der Waals surface area contributed by atoms with Crippen LogP contribution in [0.25, 0.3) is 0 Å². The van der Waals surface area contributed by atoms with Crippen LogP contribution in [0.15, 0.2) is 24.3 Å². The summed E-state index contributed by atoms with van der Waals surface area (Å²) in [4.78, 5) is 36.2. The molecule has 2 rings (SSSR count). The van der Waals surface area contributed by atoms with Crippen molar-refractivity contribution in [3.05, 3.63) is 35.4 Å². The molecule has 0 fully saturated rings. The van der Waals surface area contributed by atoms with E-state index in [1.54, 1.807) is 24.3 Å². The number of carbonyl (C=O) groups excluding carboxylic acids is 3. The molecular formula is C17H21NO7. The third-order valence-corrected chi connectivity index (χ3v) is 3.53. The van der Waals surface area contributed by atoms with Crippen molar-refractivity contribution in [1.29, 1.82) is 0 Å². The van der Waals surface area contributed by atoms with Crippen molar-refractivity contribution in [2.75, 3.05) is 53.3 Å². The zero-order valence-corrected chi connectivity index (χ0v) is 14.1. The van der Waals surface area contributed by atoms with Crippen molar-refractivity contribution < 1.29 is 33.3 Å². The Bertz CT molecular complexity index is 582. The third-order valence-electron chi connectivity index (χ3n) is 3.53. The number of fused-ring (bicyclic) bond motifs is 1. The minimum absolute atomic E-state index is 0.101. The largest absolute Gasteiger partial charge is 0.467 e. The van der Waals surface area contributed by atoms with Crippen LogP contribution in [0.2, 0.25) is 0 Å². The van der Waals surface area contributed by atoms with Crippen LogP contribution in [0.5, 0.6) is 0 Å². The van der Waals surface area contributed by atoms with Gasteiger partial charge in [0.2, 0.25) is 0 Å². The van der Waals surface area contributed by atoms with Gasteiger partial charge in [0.15, 0.2) is 0 Å². The van der Waals surface area contributed by atoms with Gasteiger partial charge < -0.3 is 18.9 Å². The van der Waals surface area contributed by atoms with Gasteiger partial charge in [0, 0.05) is 0 Å². The number of ether oxygens (including phenoxy) is 4.